The molecular weight excluding hydrogens is 626 g/mol. The summed E-state index contributed by atoms with van der Waals surface area (Å²) in [5.74, 6) is 11.7. The summed E-state index contributed by atoms with van der Waals surface area (Å²) in [6, 6.07) is 11.5. The molecule has 0 radical (unpaired) electrons. The van der Waals surface area contributed by atoms with E-state index in [2.05, 4.69) is 23.7 Å². The Hall–Kier alpha value is -3.57. The maximum Gasteiger partial charge on any atom is 0.409 e. The van der Waals surface area contributed by atoms with E-state index in [1.165, 1.54) is 7.11 Å². The summed E-state index contributed by atoms with van der Waals surface area (Å²) in [5.41, 5.74) is 4.61. The molecule has 2 aromatic carbocycles. The van der Waals surface area contributed by atoms with Crippen molar-refractivity contribution in [2.75, 3.05) is 33.4 Å². The van der Waals surface area contributed by atoms with Crippen LogP contribution >= 0.6 is 0 Å². The zero-order valence-electron chi connectivity index (χ0n) is 26.1. The first-order chi connectivity index (χ1) is 23.0. The number of piperidine rings is 1. The van der Waals surface area contributed by atoms with Gasteiger partial charge < -0.3 is 60.0 Å². The molecule has 3 saturated heterocycles. The quantitative estimate of drug-likeness (QED) is 0.167. The van der Waals surface area contributed by atoms with Gasteiger partial charge >= 0.3 is 6.09 Å². The molecule has 8 N–H and O–H groups in total. The highest BCUT2D eigenvalue weighted by Gasteiger charge is 2.47. The Labute approximate surface area is 276 Å². The molecule has 3 fully saturated rings. The lowest BCUT2D eigenvalue weighted by molar-refractivity contribution is -0.214. The Bertz CT molecular complexity index is 1540. The minimum atomic E-state index is -1.54. The lowest BCUT2D eigenvalue weighted by Gasteiger charge is -2.40. The molecule has 6 rings (SSSR count). The van der Waals surface area contributed by atoms with Gasteiger partial charge in [0.25, 0.3) is 0 Å². The summed E-state index contributed by atoms with van der Waals surface area (Å²) < 4.78 is 16.1. The van der Waals surface area contributed by atoms with Gasteiger partial charge in [0.1, 0.15) is 61.0 Å². The predicted octanol–water partition coefficient (Wildman–Crippen LogP) is -1.80. The van der Waals surface area contributed by atoms with Crippen LogP contribution in [0.25, 0.3) is 11.1 Å². The van der Waals surface area contributed by atoms with E-state index >= 15 is 0 Å². The van der Waals surface area contributed by atoms with E-state index in [1.54, 1.807) is 4.90 Å². The van der Waals surface area contributed by atoms with Crippen molar-refractivity contribution in [1.29, 1.82) is 0 Å². The molecule has 4 aliphatic rings. The van der Waals surface area contributed by atoms with Crippen LogP contribution in [0.3, 0.4) is 0 Å². The third-order valence-corrected chi connectivity index (χ3v) is 9.91. The van der Waals surface area contributed by atoms with E-state index < -0.39 is 85.8 Å². The molecule has 0 saturated carbocycles. The largest absolute Gasteiger partial charge is 0.453 e. The molecule has 1 spiro atoms. The third kappa shape index (κ3) is 5.97. The van der Waals surface area contributed by atoms with Crippen molar-refractivity contribution in [2.45, 2.75) is 79.3 Å². The van der Waals surface area contributed by atoms with Gasteiger partial charge in [-0.15, -0.1) is 0 Å². The van der Waals surface area contributed by atoms with Crippen molar-refractivity contribution in [2.24, 2.45) is 0 Å². The van der Waals surface area contributed by atoms with Crippen LogP contribution in [0.5, 0.6) is 0 Å². The Kier molecular flexibility index (Phi) is 9.82. The molecule has 0 aromatic heterocycles. The molecule has 3 aliphatic heterocycles. The third-order valence-electron chi connectivity index (χ3n) is 9.91. The number of fused-ring (bicyclic) bond motifs is 5. The molecule has 10 atom stereocenters. The molecule has 256 valence electrons. The van der Waals surface area contributed by atoms with Crippen molar-refractivity contribution in [3.63, 3.8) is 0 Å². The van der Waals surface area contributed by atoms with Crippen LogP contribution in [0.2, 0.25) is 0 Å². The standard InChI is InChI=1S/C35H39NO12/c1-46-34(45)36-12-10-35(11-13-36)22-14-18(4-8-24-28(39)32(43)30(41)26(16-37)47-24)2-6-20(22)21-7-3-19(15-23(21)35)5-9-25-29(40)33(44)31(42)27(17-38)48-25/h2-3,6-7,14-15,24-33,37-44H,10-13,16-17H2,1H3. The van der Waals surface area contributed by atoms with E-state index in [9.17, 15) is 45.6 Å². The Morgan fingerprint density at radius 1 is 0.750 bits per heavy atom. The highest BCUT2D eigenvalue weighted by atomic mass is 16.6. The fourth-order valence-corrected chi connectivity index (χ4v) is 7.14. The number of likely N-dealkylation sites (tertiary alicyclic amines) is 1. The van der Waals surface area contributed by atoms with E-state index in [4.69, 9.17) is 14.2 Å². The monoisotopic (exact) mass is 665 g/mol. The zero-order chi connectivity index (χ0) is 34.3. The second-order valence-electron chi connectivity index (χ2n) is 12.6. The second-order valence-corrected chi connectivity index (χ2v) is 12.6. The average molecular weight is 666 g/mol. The molecule has 2 aromatic rings. The highest BCUT2D eigenvalue weighted by molar-refractivity contribution is 5.83. The minimum Gasteiger partial charge on any atom is -0.453 e. The molecule has 1 aliphatic carbocycles. The van der Waals surface area contributed by atoms with Gasteiger partial charge in [-0.05, 0) is 59.4 Å². The Morgan fingerprint density at radius 3 is 1.58 bits per heavy atom. The van der Waals surface area contributed by atoms with Crippen LogP contribution in [0.4, 0.5) is 4.79 Å². The molecule has 0 bridgehead atoms. The number of aliphatic hydroxyl groups excluding tert-OH is 8. The number of carbonyl (C=O) groups is 1. The Balaban J connectivity index is 1.34. The first kappa shape index (κ1) is 34.3. The maximum atomic E-state index is 12.4. The summed E-state index contributed by atoms with van der Waals surface area (Å²) >= 11 is 0. The second kappa shape index (κ2) is 13.7. The number of hydrogen-bond donors (Lipinski definition) is 8. The van der Waals surface area contributed by atoms with Crippen molar-refractivity contribution in [1.82, 2.24) is 4.90 Å². The van der Waals surface area contributed by atoms with E-state index in [0.29, 0.717) is 37.1 Å². The number of aliphatic hydroxyl groups is 8. The van der Waals surface area contributed by atoms with Crippen LogP contribution in [0.1, 0.15) is 35.1 Å². The number of rotatable bonds is 2. The SMILES string of the molecule is COC(=O)N1CCC2(CC1)c1cc(C#CC3OC(CO)C(O)C(O)C3O)ccc1-c1ccc(C#CC3OC(CO)C(O)C(O)C3O)cc12. The van der Waals surface area contributed by atoms with Gasteiger partial charge in [-0.3, -0.25) is 0 Å². The summed E-state index contributed by atoms with van der Waals surface area (Å²) in [4.78, 5) is 14.0. The lowest BCUT2D eigenvalue weighted by Crippen LogP contribution is -2.58. The topological polar surface area (TPSA) is 210 Å². The van der Waals surface area contributed by atoms with Crippen LogP contribution in [0, 0.1) is 23.7 Å². The fourth-order valence-electron chi connectivity index (χ4n) is 7.14. The van der Waals surface area contributed by atoms with Gasteiger partial charge in [-0.25, -0.2) is 4.79 Å². The van der Waals surface area contributed by atoms with Gasteiger partial charge in [-0.1, -0.05) is 35.8 Å². The predicted molar refractivity (Wildman–Crippen MR) is 167 cm³/mol. The number of hydrogen-bond acceptors (Lipinski definition) is 12. The zero-order valence-corrected chi connectivity index (χ0v) is 26.1. The number of nitrogens with zero attached hydrogens (tertiary/aromatic N) is 1. The Morgan fingerprint density at radius 2 is 1.19 bits per heavy atom. The number of methoxy groups -OCH3 is 1. The molecule has 13 nitrogen and oxygen atoms in total. The number of amides is 1. The molecular formula is C35H39NO12. The van der Waals surface area contributed by atoms with E-state index in [1.807, 2.05) is 36.4 Å². The summed E-state index contributed by atoms with van der Waals surface area (Å²) in [5, 5.41) is 80.5. The summed E-state index contributed by atoms with van der Waals surface area (Å²) in [7, 11) is 1.34. The van der Waals surface area contributed by atoms with Crippen LogP contribution in [-0.4, -0.2) is 146 Å². The van der Waals surface area contributed by atoms with Crippen molar-refractivity contribution >= 4 is 6.09 Å². The van der Waals surface area contributed by atoms with Gasteiger partial charge in [0.15, 0.2) is 0 Å². The molecule has 3 heterocycles. The van der Waals surface area contributed by atoms with Crippen molar-refractivity contribution < 1.29 is 59.9 Å². The maximum absolute atomic E-state index is 12.4. The molecule has 13 heteroatoms. The van der Waals surface area contributed by atoms with Crippen LogP contribution < -0.4 is 0 Å². The van der Waals surface area contributed by atoms with Crippen molar-refractivity contribution in [3.8, 4) is 34.8 Å². The minimum absolute atomic E-state index is 0.415. The molecule has 10 unspecified atom stereocenters. The highest BCUT2D eigenvalue weighted by Crippen LogP contribution is 2.54. The van der Waals surface area contributed by atoms with Crippen LogP contribution in [0.15, 0.2) is 36.4 Å². The molecule has 48 heavy (non-hydrogen) atoms. The first-order valence-electron chi connectivity index (χ1n) is 15.8. The normalized spacial score (nSPS) is 33.5. The van der Waals surface area contributed by atoms with Gasteiger partial charge in [0.2, 0.25) is 0 Å². The van der Waals surface area contributed by atoms with Gasteiger partial charge in [0, 0.05) is 29.6 Å². The van der Waals surface area contributed by atoms with Crippen LogP contribution in [-0.2, 0) is 19.6 Å². The number of benzene rings is 2. The first-order valence-corrected chi connectivity index (χ1v) is 15.8. The summed E-state index contributed by atoms with van der Waals surface area (Å²) in [6.45, 7) is -0.263. The van der Waals surface area contributed by atoms with E-state index in [-0.39, 0.29) is 0 Å². The van der Waals surface area contributed by atoms with E-state index in [0.717, 1.165) is 22.3 Å². The van der Waals surface area contributed by atoms with Gasteiger partial charge in [0.05, 0.1) is 20.3 Å². The number of ether oxygens (including phenoxy) is 3. The summed E-state index contributed by atoms with van der Waals surface area (Å²) in [6.07, 6.45) is -12.7. The lowest BCUT2D eigenvalue weighted by atomic mass is 9.70. The smallest absolute Gasteiger partial charge is 0.409 e. The van der Waals surface area contributed by atoms with Crippen molar-refractivity contribution in [3.05, 3.63) is 58.7 Å². The average Bonchev–Trinajstić information content (AvgIpc) is 3.36. The molecule has 1 amide bonds. The van der Waals surface area contributed by atoms with Gasteiger partial charge in [-0.2, -0.15) is 0 Å². The fraction of sp³-hybridized carbons (Fsp3) is 0.514. The number of carbonyl (C=O) groups excluding carboxylic acids is 1.